The molecule has 0 aliphatic rings. The molecule has 0 amide bonds. The van der Waals surface area contributed by atoms with E-state index in [0.717, 1.165) is 5.39 Å². The molecule has 2 N–H and O–H groups in total. The molecule has 0 spiro atoms. The molecule has 3 heterocycles. The summed E-state index contributed by atoms with van der Waals surface area (Å²) in [5.41, 5.74) is -0.993. The van der Waals surface area contributed by atoms with Crippen molar-refractivity contribution in [3.05, 3.63) is 42.1 Å². The molecule has 0 radical (unpaired) electrons. The predicted octanol–water partition coefficient (Wildman–Crippen LogP) is 3.43. The Morgan fingerprint density at radius 2 is 1.92 bits per heavy atom. The first-order valence-electron chi connectivity index (χ1n) is 8.09. The van der Waals surface area contributed by atoms with Crippen LogP contribution in [0.5, 0.6) is 5.88 Å². The summed E-state index contributed by atoms with van der Waals surface area (Å²) in [5.74, 6) is 1.42. The number of rotatable bonds is 5. The minimum atomic E-state index is -1.65. The van der Waals surface area contributed by atoms with Crippen LogP contribution in [0.1, 0.15) is 38.3 Å². The van der Waals surface area contributed by atoms with Gasteiger partial charge in [0.1, 0.15) is 11.6 Å². The third-order valence-electron chi connectivity index (χ3n) is 3.85. The lowest BCUT2D eigenvalue weighted by Crippen LogP contribution is -2.14. The maximum Gasteiger partial charge on any atom is 0.222 e. The van der Waals surface area contributed by atoms with Crippen LogP contribution in [0.15, 0.2) is 30.7 Å². The van der Waals surface area contributed by atoms with Crippen molar-refractivity contribution in [3.63, 3.8) is 0 Å². The lowest BCUT2D eigenvalue weighted by Gasteiger charge is -2.15. The summed E-state index contributed by atoms with van der Waals surface area (Å²) >= 11 is 0. The molecule has 0 aliphatic carbocycles. The van der Waals surface area contributed by atoms with Gasteiger partial charge in [-0.25, -0.2) is 24.3 Å². The van der Waals surface area contributed by atoms with E-state index >= 15 is 0 Å². The minimum absolute atomic E-state index is 0.0822. The summed E-state index contributed by atoms with van der Waals surface area (Å²) in [6.07, 6.45) is 3.96. The highest BCUT2D eigenvalue weighted by Crippen LogP contribution is 2.31. The zero-order chi connectivity index (χ0) is 18.9. The summed E-state index contributed by atoms with van der Waals surface area (Å²) in [7, 11) is 1.52. The number of ether oxygens (including phenoxy) is 1. The maximum atomic E-state index is 14.1. The quantitative estimate of drug-likeness (QED) is 0.722. The molecular weight excluding hydrogens is 337 g/mol. The van der Waals surface area contributed by atoms with Crippen LogP contribution in [0.3, 0.4) is 0 Å². The lowest BCUT2D eigenvalue weighted by atomic mass is 10.1. The fourth-order valence-corrected chi connectivity index (χ4v) is 2.54. The molecule has 1 atom stereocenters. The van der Waals surface area contributed by atoms with Gasteiger partial charge in [0, 0.05) is 24.2 Å². The fraction of sp³-hybridized carbons (Fsp3) is 0.333. The number of hydrogen-bond donors (Lipinski definition) is 2. The Bertz CT molecular complexity index is 941. The van der Waals surface area contributed by atoms with Gasteiger partial charge in [-0.1, -0.05) is 0 Å². The number of pyridine rings is 2. The number of aliphatic hydroxyl groups is 1. The maximum absolute atomic E-state index is 14.1. The zero-order valence-electron chi connectivity index (χ0n) is 15.0. The molecule has 0 saturated heterocycles. The van der Waals surface area contributed by atoms with Crippen LogP contribution in [0, 0.1) is 0 Å². The predicted molar refractivity (Wildman–Crippen MR) is 96.2 cm³/mol. The molecule has 0 aliphatic heterocycles. The van der Waals surface area contributed by atoms with E-state index < -0.39 is 11.8 Å². The van der Waals surface area contributed by atoms with E-state index in [4.69, 9.17) is 4.74 Å². The summed E-state index contributed by atoms with van der Waals surface area (Å²) < 4.78 is 19.3. The van der Waals surface area contributed by atoms with E-state index in [1.165, 1.54) is 27.2 Å². The molecule has 0 saturated carbocycles. The molecule has 0 fully saturated rings. The van der Waals surface area contributed by atoms with Crippen LogP contribution < -0.4 is 10.1 Å². The van der Waals surface area contributed by atoms with Crippen molar-refractivity contribution < 1.29 is 14.2 Å². The summed E-state index contributed by atoms with van der Waals surface area (Å²) in [6, 6.07) is 3.40. The van der Waals surface area contributed by atoms with Crippen molar-refractivity contribution in [3.8, 4) is 5.88 Å². The molecule has 7 nitrogen and oxygen atoms in total. The number of aromatic nitrogens is 4. The average Bonchev–Trinajstić information content (AvgIpc) is 2.60. The second-order valence-electron chi connectivity index (χ2n) is 6.38. The van der Waals surface area contributed by atoms with E-state index in [1.807, 2.05) is 0 Å². The van der Waals surface area contributed by atoms with Gasteiger partial charge in [0.15, 0.2) is 11.5 Å². The SMILES string of the molecule is COc1ncc(C(C)O)c2cc(Nc3ccnc(C(C)(C)F)n3)ncc12. The number of methoxy groups -OCH3 is 1. The smallest absolute Gasteiger partial charge is 0.222 e. The topological polar surface area (TPSA) is 93.1 Å². The van der Waals surface area contributed by atoms with Crippen LogP contribution in [-0.2, 0) is 5.67 Å². The fourth-order valence-electron chi connectivity index (χ4n) is 2.54. The van der Waals surface area contributed by atoms with Gasteiger partial charge in [0.05, 0.1) is 18.6 Å². The van der Waals surface area contributed by atoms with E-state index in [0.29, 0.717) is 28.5 Å². The third-order valence-corrected chi connectivity index (χ3v) is 3.85. The van der Waals surface area contributed by atoms with Gasteiger partial charge in [-0.15, -0.1) is 0 Å². The van der Waals surface area contributed by atoms with E-state index in [9.17, 15) is 9.50 Å². The van der Waals surface area contributed by atoms with Crippen LogP contribution in [-0.4, -0.2) is 32.2 Å². The van der Waals surface area contributed by atoms with Gasteiger partial charge in [-0.2, -0.15) is 0 Å². The van der Waals surface area contributed by atoms with E-state index in [2.05, 4.69) is 25.3 Å². The second kappa shape index (κ2) is 6.80. The Kier molecular flexibility index (Phi) is 4.69. The van der Waals surface area contributed by atoms with Gasteiger partial charge >= 0.3 is 0 Å². The largest absolute Gasteiger partial charge is 0.481 e. The van der Waals surface area contributed by atoms with Gasteiger partial charge in [0.2, 0.25) is 5.88 Å². The molecule has 1 unspecified atom stereocenters. The Labute approximate surface area is 150 Å². The van der Waals surface area contributed by atoms with Crippen molar-refractivity contribution in [2.75, 3.05) is 12.4 Å². The number of hydrogen-bond acceptors (Lipinski definition) is 7. The number of anilines is 2. The van der Waals surface area contributed by atoms with Crippen LogP contribution in [0.25, 0.3) is 10.8 Å². The second-order valence-corrected chi connectivity index (χ2v) is 6.38. The molecule has 8 heteroatoms. The van der Waals surface area contributed by atoms with Crippen LogP contribution in [0.4, 0.5) is 16.0 Å². The number of nitrogens with one attached hydrogen (secondary N) is 1. The number of halogens is 1. The lowest BCUT2D eigenvalue weighted by molar-refractivity contribution is 0.200. The van der Waals surface area contributed by atoms with Gasteiger partial charge in [0.25, 0.3) is 0 Å². The molecule has 3 rings (SSSR count). The monoisotopic (exact) mass is 357 g/mol. The van der Waals surface area contributed by atoms with Crippen LogP contribution in [0.2, 0.25) is 0 Å². The van der Waals surface area contributed by atoms with Crippen molar-refractivity contribution in [2.24, 2.45) is 0 Å². The first-order valence-corrected chi connectivity index (χ1v) is 8.09. The summed E-state index contributed by atoms with van der Waals surface area (Å²) in [4.78, 5) is 16.7. The number of aliphatic hydroxyl groups excluding tert-OH is 1. The first kappa shape index (κ1) is 17.9. The van der Waals surface area contributed by atoms with Gasteiger partial charge < -0.3 is 15.2 Å². The Morgan fingerprint density at radius 1 is 1.15 bits per heavy atom. The average molecular weight is 357 g/mol. The van der Waals surface area contributed by atoms with Crippen molar-refractivity contribution in [1.29, 1.82) is 0 Å². The molecule has 0 bridgehead atoms. The number of nitrogens with zero attached hydrogens (tertiary/aromatic N) is 4. The third kappa shape index (κ3) is 3.55. The molecule has 26 heavy (non-hydrogen) atoms. The Morgan fingerprint density at radius 3 is 2.58 bits per heavy atom. The first-order chi connectivity index (χ1) is 12.3. The van der Waals surface area contributed by atoms with Crippen molar-refractivity contribution in [1.82, 2.24) is 19.9 Å². The molecule has 136 valence electrons. The van der Waals surface area contributed by atoms with Crippen molar-refractivity contribution in [2.45, 2.75) is 32.5 Å². The van der Waals surface area contributed by atoms with E-state index in [1.54, 1.807) is 31.5 Å². The van der Waals surface area contributed by atoms with E-state index in [-0.39, 0.29) is 5.82 Å². The standard InChI is InChI=1S/C18H20FN5O2/c1-10(25)12-8-22-16(26-4)13-9-21-15(7-11(12)13)23-14-5-6-20-17(24-14)18(2,3)19/h5-10,25H,1-4H3,(H,20,21,23,24). The number of alkyl halides is 1. The molecule has 3 aromatic heterocycles. The summed E-state index contributed by atoms with van der Waals surface area (Å²) in [6.45, 7) is 4.46. The zero-order valence-corrected chi connectivity index (χ0v) is 15.0. The Balaban J connectivity index is 2.03. The normalized spacial score (nSPS) is 12.8. The Hall–Kier alpha value is -2.87. The minimum Gasteiger partial charge on any atom is -0.481 e. The highest BCUT2D eigenvalue weighted by Gasteiger charge is 2.22. The molecule has 0 aromatic carbocycles. The van der Waals surface area contributed by atoms with Gasteiger partial charge in [-0.05, 0) is 38.3 Å². The molecule has 3 aromatic rings. The molecular formula is C18H20FN5O2. The highest BCUT2D eigenvalue weighted by molar-refractivity contribution is 5.91. The summed E-state index contributed by atoms with van der Waals surface area (Å²) in [5, 5.41) is 14.5. The number of fused-ring (bicyclic) bond motifs is 1. The highest BCUT2D eigenvalue weighted by atomic mass is 19.1. The van der Waals surface area contributed by atoms with Gasteiger partial charge in [-0.3, -0.25) is 0 Å². The van der Waals surface area contributed by atoms with Crippen LogP contribution >= 0.6 is 0 Å². The van der Waals surface area contributed by atoms with Crippen molar-refractivity contribution >= 4 is 22.4 Å².